The molecule has 1 aromatic rings. The number of rotatable bonds is 3. The van der Waals surface area contributed by atoms with Crippen LogP contribution in [0.3, 0.4) is 0 Å². The van der Waals surface area contributed by atoms with E-state index in [9.17, 15) is 14.4 Å². The molecule has 4 nitrogen and oxygen atoms in total. The molecule has 1 saturated carbocycles. The number of nitrogens with one attached hydrogen (secondary N) is 1. The molecule has 0 heterocycles. The molecule has 0 saturated heterocycles. The van der Waals surface area contributed by atoms with Crippen molar-refractivity contribution in [3.63, 3.8) is 0 Å². The van der Waals surface area contributed by atoms with E-state index in [0.29, 0.717) is 12.8 Å². The zero-order valence-electron chi connectivity index (χ0n) is 12.1. The van der Waals surface area contributed by atoms with Crippen molar-refractivity contribution < 1.29 is 13.9 Å². The SMILES string of the molecule is COc1cccc(F)c1C(=O)NC1(C#N)CCCCCC1. The lowest BCUT2D eigenvalue weighted by atomic mass is 9.91. The normalized spacial score (nSPS) is 17.4. The van der Waals surface area contributed by atoms with Gasteiger partial charge in [0.05, 0.1) is 13.2 Å². The predicted octanol–water partition coefficient (Wildman–Crippen LogP) is 3.18. The highest BCUT2D eigenvalue weighted by atomic mass is 19.1. The van der Waals surface area contributed by atoms with Crippen molar-refractivity contribution in [2.24, 2.45) is 0 Å². The van der Waals surface area contributed by atoms with E-state index in [2.05, 4.69) is 11.4 Å². The summed E-state index contributed by atoms with van der Waals surface area (Å²) in [5.74, 6) is -1.06. The average Bonchev–Trinajstić information content (AvgIpc) is 2.72. The number of halogens is 1. The molecule has 0 spiro atoms. The highest BCUT2D eigenvalue weighted by molar-refractivity contribution is 5.97. The van der Waals surface area contributed by atoms with E-state index < -0.39 is 17.3 Å². The van der Waals surface area contributed by atoms with Gasteiger partial charge in [-0.25, -0.2) is 4.39 Å². The molecule has 0 atom stereocenters. The van der Waals surface area contributed by atoms with Crippen LogP contribution in [0.15, 0.2) is 18.2 Å². The quantitative estimate of drug-likeness (QED) is 0.870. The number of hydrogen-bond acceptors (Lipinski definition) is 3. The Morgan fingerprint density at radius 3 is 2.57 bits per heavy atom. The first-order valence-corrected chi connectivity index (χ1v) is 7.18. The Hall–Kier alpha value is -2.09. The van der Waals surface area contributed by atoms with Crippen LogP contribution in [0.25, 0.3) is 0 Å². The topological polar surface area (TPSA) is 62.1 Å². The van der Waals surface area contributed by atoms with E-state index in [1.807, 2.05) is 0 Å². The summed E-state index contributed by atoms with van der Waals surface area (Å²) in [6, 6.07) is 6.45. The maximum absolute atomic E-state index is 13.9. The Balaban J connectivity index is 2.26. The third kappa shape index (κ3) is 3.33. The molecule has 1 aliphatic rings. The van der Waals surface area contributed by atoms with Gasteiger partial charge in [-0.15, -0.1) is 0 Å². The first-order valence-electron chi connectivity index (χ1n) is 7.18. The van der Waals surface area contributed by atoms with E-state index in [4.69, 9.17) is 4.74 Å². The van der Waals surface area contributed by atoms with Crippen LogP contribution >= 0.6 is 0 Å². The molecule has 0 aliphatic heterocycles. The number of nitriles is 1. The summed E-state index contributed by atoms with van der Waals surface area (Å²) < 4.78 is 19.0. The number of carbonyl (C=O) groups excluding carboxylic acids is 1. The van der Waals surface area contributed by atoms with Crippen LogP contribution in [0.1, 0.15) is 48.9 Å². The minimum Gasteiger partial charge on any atom is -0.496 e. The summed E-state index contributed by atoms with van der Waals surface area (Å²) in [7, 11) is 1.39. The molecule has 2 rings (SSSR count). The Morgan fingerprint density at radius 2 is 2.00 bits per heavy atom. The molecule has 1 fully saturated rings. The van der Waals surface area contributed by atoms with Crippen LogP contribution in [-0.2, 0) is 0 Å². The fraction of sp³-hybridized carbons (Fsp3) is 0.500. The largest absolute Gasteiger partial charge is 0.496 e. The fourth-order valence-electron chi connectivity index (χ4n) is 2.77. The van der Waals surface area contributed by atoms with Crippen molar-refractivity contribution in [1.29, 1.82) is 5.26 Å². The summed E-state index contributed by atoms with van der Waals surface area (Å²) >= 11 is 0. The molecule has 0 aromatic heterocycles. The van der Waals surface area contributed by atoms with E-state index >= 15 is 0 Å². The second kappa shape index (κ2) is 6.57. The maximum Gasteiger partial charge on any atom is 0.259 e. The summed E-state index contributed by atoms with van der Waals surface area (Å²) in [5.41, 5.74) is -1.04. The highest BCUT2D eigenvalue weighted by Gasteiger charge is 2.34. The zero-order chi connectivity index (χ0) is 15.3. The van der Waals surface area contributed by atoms with Crippen LogP contribution in [0.4, 0.5) is 4.39 Å². The number of methoxy groups -OCH3 is 1. The molecule has 0 unspecified atom stereocenters. The van der Waals surface area contributed by atoms with E-state index in [1.54, 1.807) is 0 Å². The zero-order valence-corrected chi connectivity index (χ0v) is 12.1. The van der Waals surface area contributed by atoms with Crippen LogP contribution in [0, 0.1) is 17.1 Å². The highest BCUT2D eigenvalue weighted by Crippen LogP contribution is 2.28. The van der Waals surface area contributed by atoms with Gasteiger partial charge in [0, 0.05) is 0 Å². The van der Waals surface area contributed by atoms with Gasteiger partial charge in [0.1, 0.15) is 22.7 Å². The number of carbonyl (C=O) groups is 1. The second-order valence-electron chi connectivity index (χ2n) is 5.38. The number of amides is 1. The number of hydrogen-bond donors (Lipinski definition) is 1. The minimum absolute atomic E-state index is 0.140. The van der Waals surface area contributed by atoms with Gasteiger partial charge < -0.3 is 10.1 Å². The Labute approximate surface area is 123 Å². The lowest BCUT2D eigenvalue weighted by Gasteiger charge is -2.26. The molecule has 112 valence electrons. The molecule has 5 heteroatoms. The molecular weight excluding hydrogens is 271 g/mol. The van der Waals surface area contributed by atoms with Crippen molar-refractivity contribution in [3.8, 4) is 11.8 Å². The van der Waals surface area contributed by atoms with Crippen molar-refractivity contribution in [3.05, 3.63) is 29.6 Å². The molecule has 1 aromatic carbocycles. The third-order valence-corrected chi connectivity index (χ3v) is 3.95. The Bertz CT molecular complexity index is 558. The van der Waals surface area contributed by atoms with Crippen molar-refractivity contribution in [2.45, 2.75) is 44.1 Å². The Kier molecular flexibility index (Phi) is 4.79. The predicted molar refractivity (Wildman–Crippen MR) is 76.5 cm³/mol. The number of benzene rings is 1. The third-order valence-electron chi connectivity index (χ3n) is 3.95. The monoisotopic (exact) mass is 290 g/mol. The van der Waals surface area contributed by atoms with Crippen molar-refractivity contribution in [1.82, 2.24) is 5.32 Å². The first kappa shape index (κ1) is 15.3. The van der Waals surface area contributed by atoms with Gasteiger partial charge in [-0.2, -0.15) is 5.26 Å². The van der Waals surface area contributed by atoms with Gasteiger partial charge in [0.2, 0.25) is 0 Å². The van der Waals surface area contributed by atoms with Gasteiger partial charge in [-0.1, -0.05) is 31.7 Å². The molecule has 1 aliphatic carbocycles. The van der Waals surface area contributed by atoms with Crippen molar-refractivity contribution in [2.75, 3.05) is 7.11 Å². The van der Waals surface area contributed by atoms with Crippen LogP contribution in [0.5, 0.6) is 5.75 Å². The van der Waals surface area contributed by atoms with Gasteiger partial charge in [0.25, 0.3) is 5.91 Å². The lowest BCUT2D eigenvalue weighted by molar-refractivity contribution is 0.0905. The summed E-state index contributed by atoms with van der Waals surface area (Å²) in [6.45, 7) is 0. The average molecular weight is 290 g/mol. The van der Waals surface area contributed by atoms with E-state index in [0.717, 1.165) is 25.7 Å². The molecule has 21 heavy (non-hydrogen) atoms. The smallest absolute Gasteiger partial charge is 0.259 e. The van der Waals surface area contributed by atoms with Gasteiger partial charge >= 0.3 is 0 Å². The van der Waals surface area contributed by atoms with Crippen LogP contribution < -0.4 is 10.1 Å². The standard InChI is InChI=1S/C16H19FN2O2/c1-21-13-8-6-7-12(17)14(13)15(20)19-16(11-18)9-4-2-3-5-10-16/h6-8H,2-5,9-10H2,1H3,(H,19,20). The van der Waals surface area contributed by atoms with Gasteiger partial charge in [-0.05, 0) is 25.0 Å². The summed E-state index contributed by atoms with van der Waals surface area (Å²) in [4.78, 5) is 12.4. The molecular formula is C16H19FN2O2. The first-order chi connectivity index (χ1) is 10.1. The van der Waals surface area contributed by atoms with Gasteiger partial charge in [0.15, 0.2) is 0 Å². The fourth-order valence-corrected chi connectivity index (χ4v) is 2.77. The van der Waals surface area contributed by atoms with Crippen LogP contribution in [0.2, 0.25) is 0 Å². The second-order valence-corrected chi connectivity index (χ2v) is 5.38. The summed E-state index contributed by atoms with van der Waals surface area (Å²) in [5, 5.41) is 12.2. The minimum atomic E-state index is -0.902. The Morgan fingerprint density at radius 1 is 1.33 bits per heavy atom. The van der Waals surface area contributed by atoms with Crippen molar-refractivity contribution >= 4 is 5.91 Å². The molecule has 0 bridgehead atoms. The van der Waals surface area contributed by atoms with Crippen LogP contribution in [-0.4, -0.2) is 18.6 Å². The van der Waals surface area contributed by atoms with Gasteiger partial charge in [-0.3, -0.25) is 4.79 Å². The molecule has 0 radical (unpaired) electrons. The summed E-state index contributed by atoms with van der Waals surface area (Å²) in [6.07, 6.45) is 5.10. The van der Waals surface area contributed by atoms with E-state index in [1.165, 1.54) is 25.3 Å². The molecule has 1 amide bonds. The molecule has 1 N–H and O–H groups in total. The maximum atomic E-state index is 13.9. The number of nitrogens with zero attached hydrogens (tertiary/aromatic N) is 1. The number of ether oxygens (including phenoxy) is 1. The lowest BCUT2D eigenvalue weighted by Crippen LogP contribution is -2.47. The van der Waals surface area contributed by atoms with E-state index in [-0.39, 0.29) is 11.3 Å².